The van der Waals surface area contributed by atoms with Gasteiger partial charge in [-0.2, -0.15) is 5.10 Å². The molecule has 1 aliphatic heterocycles. The van der Waals surface area contributed by atoms with Crippen LogP contribution in [0.1, 0.15) is 35.5 Å². The first-order valence-corrected chi connectivity index (χ1v) is 11.8. The lowest BCUT2D eigenvalue weighted by Crippen LogP contribution is -2.49. The first-order valence-electron chi connectivity index (χ1n) is 11.8. The molecule has 0 saturated carbocycles. The van der Waals surface area contributed by atoms with Crippen LogP contribution in [-0.4, -0.2) is 66.9 Å². The largest absolute Gasteiger partial charge is 0.493 e. The topological polar surface area (TPSA) is 102 Å². The second kappa shape index (κ2) is 11.2. The Kier molecular flexibility index (Phi) is 7.80. The van der Waals surface area contributed by atoms with Crippen LogP contribution in [0.25, 0.3) is 10.9 Å². The molecule has 2 unspecified atom stereocenters. The Morgan fingerprint density at radius 1 is 1.14 bits per heavy atom. The van der Waals surface area contributed by atoms with Gasteiger partial charge in [0.25, 0.3) is 11.8 Å². The van der Waals surface area contributed by atoms with Crippen LogP contribution in [0.2, 0.25) is 0 Å². The summed E-state index contributed by atoms with van der Waals surface area (Å²) in [4.78, 5) is 31.6. The number of hydrogen-bond acceptors (Lipinski definition) is 7. The highest BCUT2D eigenvalue weighted by molar-refractivity contribution is 6.06. The number of methoxy groups -OCH3 is 1. The zero-order chi connectivity index (χ0) is 25.7. The van der Waals surface area contributed by atoms with Crippen molar-refractivity contribution >= 4 is 28.9 Å². The summed E-state index contributed by atoms with van der Waals surface area (Å²) in [5, 5.41) is 4.85. The molecule has 1 saturated heterocycles. The molecular formula is C27H30N4O5. The van der Waals surface area contributed by atoms with E-state index in [1.165, 1.54) is 13.3 Å². The molecule has 36 heavy (non-hydrogen) atoms. The van der Waals surface area contributed by atoms with Gasteiger partial charge in [-0.3, -0.25) is 14.6 Å². The monoisotopic (exact) mass is 490 g/mol. The van der Waals surface area contributed by atoms with Gasteiger partial charge in [-0.25, -0.2) is 5.43 Å². The maximum atomic E-state index is 12.8. The van der Waals surface area contributed by atoms with E-state index in [4.69, 9.17) is 14.2 Å². The van der Waals surface area contributed by atoms with Crippen LogP contribution in [0.4, 0.5) is 0 Å². The fourth-order valence-electron chi connectivity index (χ4n) is 4.22. The van der Waals surface area contributed by atoms with E-state index in [1.807, 2.05) is 45.0 Å². The van der Waals surface area contributed by atoms with Crippen LogP contribution >= 0.6 is 0 Å². The third-order valence-electron chi connectivity index (χ3n) is 5.78. The van der Waals surface area contributed by atoms with E-state index in [9.17, 15) is 9.59 Å². The highest BCUT2D eigenvalue weighted by atomic mass is 16.5. The first kappa shape index (κ1) is 25.1. The number of benzene rings is 2. The SMILES string of the molecule is COc1cc(/C=N/NC(=O)c2cc(C)nc3ccccc23)ccc1OCC(=O)N1CC(C)OC(C)C1. The van der Waals surface area contributed by atoms with Gasteiger partial charge in [0.2, 0.25) is 0 Å². The fraction of sp³-hybridized carbons (Fsp3) is 0.333. The van der Waals surface area contributed by atoms with Crippen molar-refractivity contribution in [3.8, 4) is 11.5 Å². The van der Waals surface area contributed by atoms with Gasteiger partial charge in [-0.05, 0) is 56.7 Å². The van der Waals surface area contributed by atoms with Gasteiger partial charge in [0.15, 0.2) is 18.1 Å². The van der Waals surface area contributed by atoms with Crippen molar-refractivity contribution in [1.82, 2.24) is 15.3 Å². The molecule has 0 bridgehead atoms. The Morgan fingerprint density at radius 3 is 2.64 bits per heavy atom. The first-order chi connectivity index (χ1) is 17.3. The zero-order valence-corrected chi connectivity index (χ0v) is 20.9. The lowest BCUT2D eigenvalue weighted by molar-refractivity contribution is -0.145. The number of nitrogens with one attached hydrogen (secondary N) is 1. The van der Waals surface area contributed by atoms with Crippen molar-refractivity contribution in [3.63, 3.8) is 0 Å². The summed E-state index contributed by atoms with van der Waals surface area (Å²) in [6, 6.07) is 14.4. The van der Waals surface area contributed by atoms with Gasteiger partial charge in [0.1, 0.15) is 0 Å². The van der Waals surface area contributed by atoms with Crippen molar-refractivity contribution in [2.45, 2.75) is 33.0 Å². The molecule has 2 aromatic carbocycles. The van der Waals surface area contributed by atoms with Crippen molar-refractivity contribution in [1.29, 1.82) is 0 Å². The number of aromatic nitrogens is 1. The van der Waals surface area contributed by atoms with Gasteiger partial charge in [0.05, 0.1) is 36.6 Å². The van der Waals surface area contributed by atoms with Gasteiger partial charge in [-0.15, -0.1) is 0 Å². The molecule has 9 nitrogen and oxygen atoms in total. The number of aryl methyl sites for hydroxylation is 1. The highest BCUT2D eigenvalue weighted by Crippen LogP contribution is 2.28. The maximum Gasteiger partial charge on any atom is 0.272 e. The van der Waals surface area contributed by atoms with E-state index >= 15 is 0 Å². The number of pyridine rings is 1. The Hall–Kier alpha value is -3.98. The Morgan fingerprint density at radius 2 is 1.89 bits per heavy atom. The number of ether oxygens (including phenoxy) is 3. The predicted octanol–water partition coefficient (Wildman–Crippen LogP) is 3.33. The molecule has 1 aliphatic rings. The van der Waals surface area contributed by atoms with E-state index in [0.29, 0.717) is 35.7 Å². The minimum atomic E-state index is -0.329. The molecule has 2 amide bonds. The number of rotatable bonds is 7. The number of para-hydroxylation sites is 1. The normalized spacial score (nSPS) is 17.8. The van der Waals surface area contributed by atoms with Crippen LogP contribution in [0, 0.1) is 6.92 Å². The van der Waals surface area contributed by atoms with E-state index in [2.05, 4.69) is 15.5 Å². The Labute approximate surface area is 210 Å². The molecule has 1 fully saturated rings. The third-order valence-corrected chi connectivity index (χ3v) is 5.78. The van der Waals surface area contributed by atoms with Gasteiger partial charge >= 0.3 is 0 Å². The summed E-state index contributed by atoms with van der Waals surface area (Å²) in [6.07, 6.45) is 1.50. The third kappa shape index (κ3) is 5.98. The van der Waals surface area contributed by atoms with Crippen molar-refractivity contribution in [3.05, 3.63) is 65.4 Å². The van der Waals surface area contributed by atoms with Gasteiger partial charge < -0.3 is 19.1 Å². The van der Waals surface area contributed by atoms with Crippen LogP contribution in [0.15, 0.2) is 53.6 Å². The van der Waals surface area contributed by atoms with Crippen LogP contribution < -0.4 is 14.9 Å². The molecule has 0 spiro atoms. The number of amides is 2. The minimum absolute atomic E-state index is 0.00685. The van der Waals surface area contributed by atoms with E-state index in [0.717, 1.165) is 16.6 Å². The summed E-state index contributed by atoms with van der Waals surface area (Å²) >= 11 is 0. The number of hydrazone groups is 1. The number of morpholine rings is 1. The molecule has 1 N–H and O–H groups in total. The van der Waals surface area contributed by atoms with Crippen molar-refractivity contribution in [2.75, 3.05) is 26.8 Å². The van der Waals surface area contributed by atoms with Gasteiger partial charge in [0, 0.05) is 24.2 Å². The summed E-state index contributed by atoms with van der Waals surface area (Å²) in [6.45, 7) is 6.72. The second-order valence-corrected chi connectivity index (χ2v) is 8.78. The second-order valence-electron chi connectivity index (χ2n) is 8.78. The number of fused-ring (bicyclic) bond motifs is 1. The number of hydrogen-bond donors (Lipinski definition) is 1. The van der Waals surface area contributed by atoms with Crippen LogP contribution in [-0.2, 0) is 9.53 Å². The van der Waals surface area contributed by atoms with E-state index < -0.39 is 0 Å². The minimum Gasteiger partial charge on any atom is -0.493 e. The molecule has 9 heteroatoms. The van der Waals surface area contributed by atoms with Crippen LogP contribution in [0.5, 0.6) is 11.5 Å². The summed E-state index contributed by atoms with van der Waals surface area (Å²) in [5.41, 5.74) is 5.27. The van der Waals surface area contributed by atoms with E-state index in [-0.39, 0.29) is 30.6 Å². The number of nitrogens with zero attached hydrogens (tertiary/aromatic N) is 3. The highest BCUT2D eigenvalue weighted by Gasteiger charge is 2.26. The molecule has 0 radical (unpaired) electrons. The molecular weight excluding hydrogens is 460 g/mol. The standard InChI is InChI=1S/C27H30N4O5/c1-17-11-22(21-7-5-6-8-23(21)29-17)27(33)30-28-13-20-9-10-24(25(12-20)34-4)35-16-26(32)31-14-18(2)36-19(3)15-31/h5-13,18-19H,14-16H2,1-4H3,(H,30,33)/b28-13+. The predicted molar refractivity (Wildman–Crippen MR) is 137 cm³/mol. The zero-order valence-electron chi connectivity index (χ0n) is 20.9. The lowest BCUT2D eigenvalue weighted by atomic mass is 10.1. The summed E-state index contributed by atoms with van der Waals surface area (Å²) in [7, 11) is 1.52. The molecule has 2 heterocycles. The maximum absolute atomic E-state index is 12.8. The van der Waals surface area contributed by atoms with Gasteiger partial charge in [-0.1, -0.05) is 18.2 Å². The average molecular weight is 491 g/mol. The molecule has 3 aromatic rings. The van der Waals surface area contributed by atoms with Crippen molar-refractivity contribution in [2.24, 2.45) is 5.10 Å². The Bertz CT molecular complexity index is 1280. The lowest BCUT2D eigenvalue weighted by Gasteiger charge is -2.35. The molecule has 0 aliphatic carbocycles. The quantitative estimate of drug-likeness (QED) is 0.403. The summed E-state index contributed by atoms with van der Waals surface area (Å²) in [5.74, 6) is 0.467. The summed E-state index contributed by atoms with van der Waals surface area (Å²) < 4.78 is 16.9. The fourth-order valence-corrected chi connectivity index (χ4v) is 4.22. The molecule has 1 aromatic heterocycles. The Balaban J connectivity index is 1.39. The van der Waals surface area contributed by atoms with Crippen molar-refractivity contribution < 1.29 is 23.8 Å². The smallest absolute Gasteiger partial charge is 0.272 e. The molecule has 2 atom stereocenters. The number of carbonyl (C=O) groups is 2. The van der Waals surface area contributed by atoms with E-state index in [1.54, 1.807) is 29.2 Å². The molecule has 188 valence electrons. The molecule has 4 rings (SSSR count). The average Bonchev–Trinajstić information content (AvgIpc) is 2.86. The number of carbonyl (C=O) groups excluding carboxylic acids is 2. The van der Waals surface area contributed by atoms with Crippen LogP contribution in [0.3, 0.4) is 0 Å².